The van der Waals surface area contributed by atoms with E-state index in [1.807, 2.05) is 54.6 Å². The van der Waals surface area contributed by atoms with Crippen LogP contribution in [0.2, 0.25) is 5.02 Å². The predicted molar refractivity (Wildman–Crippen MR) is 101 cm³/mol. The summed E-state index contributed by atoms with van der Waals surface area (Å²) in [6.07, 6.45) is 0. The number of benzene rings is 2. The number of halogens is 2. The van der Waals surface area contributed by atoms with Crippen molar-refractivity contribution >= 4 is 34.2 Å². The lowest BCUT2D eigenvalue weighted by Crippen LogP contribution is -3.00. The Bertz CT molecular complexity index is 810. The Morgan fingerprint density at radius 1 is 1.08 bits per heavy atom. The maximum Gasteiger partial charge on any atom is 0.317 e. The third-order valence-corrected chi connectivity index (χ3v) is 6.54. The van der Waals surface area contributed by atoms with Crippen LogP contribution in [0.4, 0.5) is 5.69 Å². The first kappa shape index (κ1) is 18.8. The molecule has 2 aliphatic rings. The SMILES string of the molecule is CC1(C)CSC2=[N+]1CC(O)(c1ccc(Cl)cc1)N2c1ccccc1.[Br-]. The molecule has 1 atom stereocenters. The van der Waals surface area contributed by atoms with Crippen molar-refractivity contribution in [1.82, 2.24) is 0 Å². The normalized spacial score (nSPS) is 24.2. The molecule has 2 heterocycles. The molecular formula is C19H20BrClN2OS. The zero-order valence-corrected chi connectivity index (χ0v) is 17.3. The van der Waals surface area contributed by atoms with Crippen LogP contribution in [0, 0.1) is 0 Å². The minimum atomic E-state index is -1.11. The van der Waals surface area contributed by atoms with Gasteiger partial charge in [-0.25, -0.2) is 4.58 Å². The Morgan fingerprint density at radius 2 is 1.72 bits per heavy atom. The Labute approximate surface area is 168 Å². The van der Waals surface area contributed by atoms with Gasteiger partial charge in [-0.3, -0.25) is 0 Å². The third-order valence-electron chi connectivity index (χ3n) is 4.78. The fourth-order valence-electron chi connectivity index (χ4n) is 3.41. The van der Waals surface area contributed by atoms with E-state index in [2.05, 4.69) is 23.3 Å². The predicted octanol–water partition coefficient (Wildman–Crippen LogP) is 0.903. The van der Waals surface area contributed by atoms with Gasteiger partial charge in [0.05, 0.1) is 0 Å². The molecule has 0 saturated carbocycles. The summed E-state index contributed by atoms with van der Waals surface area (Å²) < 4.78 is 2.32. The Hall–Kier alpha value is -1.01. The summed E-state index contributed by atoms with van der Waals surface area (Å²) in [5.74, 6) is 1.02. The average molecular weight is 440 g/mol. The summed E-state index contributed by atoms with van der Waals surface area (Å²) >= 11 is 7.85. The molecule has 1 N–H and O–H groups in total. The van der Waals surface area contributed by atoms with E-state index in [0.29, 0.717) is 11.6 Å². The van der Waals surface area contributed by atoms with Crippen molar-refractivity contribution < 1.29 is 26.7 Å². The van der Waals surface area contributed by atoms with Crippen molar-refractivity contribution in [2.75, 3.05) is 17.2 Å². The number of aliphatic hydroxyl groups is 1. The van der Waals surface area contributed by atoms with Crippen molar-refractivity contribution in [1.29, 1.82) is 0 Å². The van der Waals surface area contributed by atoms with Crippen molar-refractivity contribution in [2.45, 2.75) is 25.1 Å². The Kier molecular flexibility index (Phi) is 4.97. The largest absolute Gasteiger partial charge is 1.00 e. The molecule has 1 unspecified atom stereocenters. The van der Waals surface area contributed by atoms with E-state index < -0.39 is 5.72 Å². The van der Waals surface area contributed by atoms with Gasteiger partial charge in [0, 0.05) is 16.3 Å². The molecule has 0 aromatic heterocycles. The van der Waals surface area contributed by atoms with Crippen molar-refractivity contribution in [3.63, 3.8) is 0 Å². The summed E-state index contributed by atoms with van der Waals surface area (Å²) in [5, 5.41) is 13.5. The van der Waals surface area contributed by atoms with Crippen LogP contribution >= 0.6 is 23.4 Å². The van der Waals surface area contributed by atoms with Crippen LogP contribution in [-0.4, -0.2) is 32.7 Å². The fraction of sp³-hybridized carbons (Fsp3) is 0.316. The number of para-hydroxylation sites is 1. The number of nitrogens with zero attached hydrogens (tertiary/aromatic N) is 2. The number of β-amino-alcohol motifs (C(OH)–C–C–N with tert-alkyl or cyclic N) is 1. The number of hydrogen-bond acceptors (Lipinski definition) is 3. The fourth-order valence-corrected chi connectivity index (χ4v) is 5.03. The number of amidine groups is 1. The smallest absolute Gasteiger partial charge is 0.317 e. The molecular weight excluding hydrogens is 420 g/mol. The lowest BCUT2D eigenvalue weighted by molar-refractivity contribution is -0.594. The zero-order chi connectivity index (χ0) is 16.9. The Balaban J connectivity index is 0.00000182. The minimum absolute atomic E-state index is 0. The van der Waals surface area contributed by atoms with Crippen molar-refractivity contribution in [3.05, 3.63) is 65.2 Å². The van der Waals surface area contributed by atoms with Crippen molar-refractivity contribution in [2.24, 2.45) is 0 Å². The lowest BCUT2D eigenvalue weighted by Gasteiger charge is -2.30. The van der Waals surface area contributed by atoms with Gasteiger partial charge in [0.1, 0.15) is 11.2 Å². The van der Waals surface area contributed by atoms with Crippen LogP contribution in [0.25, 0.3) is 0 Å². The topological polar surface area (TPSA) is 26.5 Å². The van der Waals surface area contributed by atoms with Gasteiger partial charge >= 0.3 is 5.17 Å². The quantitative estimate of drug-likeness (QED) is 0.705. The first-order valence-electron chi connectivity index (χ1n) is 8.03. The van der Waals surface area contributed by atoms with Crippen LogP contribution in [0.5, 0.6) is 0 Å². The minimum Gasteiger partial charge on any atom is -1.00 e. The highest BCUT2D eigenvalue weighted by Crippen LogP contribution is 2.44. The molecule has 2 aromatic rings. The highest BCUT2D eigenvalue weighted by Gasteiger charge is 2.60. The van der Waals surface area contributed by atoms with E-state index in [9.17, 15) is 5.11 Å². The summed E-state index contributed by atoms with van der Waals surface area (Å²) in [4.78, 5) is 2.07. The summed E-state index contributed by atoms with van der Waals surface area (Å²) in [6, 6.07) is 17.6. The van der Waals surface area contributed by atoms with Gasteiger partial charge in [-0.1, -0.05) is 41.9 Å². The van der Waals surface area contributed by atoms with Gasteiger partial charge in [-0.05, 0) is 49.9 Å². The van der Waals surface area contributed by atoms with E-state index in [1.54, 1.807) is 11.8 Å². The second-order valence-corrected chi connectivity index (χ2v) is 8.34. The first-order chi connectivity index (χ1) is 11.4. The summed E-state index contributed by atoms with van der Waals surface area (Å²) in [6.45, 7) is 4.99. The molecule has 0 saturated heterocycles. The van der Waals surface area contributed by atoms with Crippen LogP contribution in [0.15, 0.2) is 54.6 Å². The van der Waals surface area contributed by atoms with Crippen molar-refractivity contribution in [3.8, 4) is 0 Å². The van der Waals surface area contributed by atoms with Gasteiger partial charge in [0.15, 0.2) is 6.54 Å². The van der Waals surface area contributed by atoms with Crippen LogP contribution < -0.4 is 21.9 Å². The summed E-state index contributed by atoms with van der Waals surface area (Å²) in [7, 11) is 0. The zero-order valence-electron chi connectivity index (χ0n) is 14.1. The molecule has 0 amide bonds. The highest BCUT2D eigenvalue weighted by molar-refractivity contribution is 8.14. The molecule has 25 heavy (non-hydrogen) atoms. The van der Waals surface area contributed by atoms with E-state index in [-0.39, 0.29) is 22.5 Å². The standard InChI is InChI=1S/C19H20ClN2OS.BrH/c1-18(2)13-24-17-21(18)12-19(23,14-8-10-15(20)11-9-14)22(17)16-6-4-3-5-7-16;/h3-11,23H,12-13H2,1-2H3;1H/q+1;/p-1. The van der Waals surface area contributed by atoms with E-state index in [0.717, 1.165) is 22.2 Å². The van der Waals surface area contributed by atoms with Gasteiger partial charge in [0.2, 0.25) is 0 Å². The highest BCUT2D eigenvalue weighted by atomic mass is 79.9. The molecule has 0 bridgehead atoms. The third kappa shape index (κ3) is 3.01. The molecule has 3 nitrogen and oxygen atoms in total. The molecule has 0 radical (unpaired) electrons. The van der Waals surface area contributed by atoms with Gasteiger partial charge in [0.25, 0.3) is 5.72 Å². The second kappa shape index (κ2) is 6.62. The van der Waals surface area contributed by atoms with Gasteiger partial charge < -0.3 is 22.1 Å². The maximum absolute atomic E-state index is 11.7. The molecule has 0 spiro atoms. The molecule has 4 rings (SSSR count). The average Bonchev–Trinajstić information content (AvgIpc) is 3.03. The van der Waals surface area contributed by atoms with Gasteiger partial charge in [-0.15, -0.1) is 0 Å². The van der Waals surface area contributed by atoms with Crippen LogP contribution in [-0.2, 0) is 5.72 Å². The monoisotopic (exact) mass is 438 g/mol. The molecule has 2 aliphatic heterocycles. The second-order valence-electron chi connectivity index (χ2n) is 6.96. The van der Waals surface area contributed by atoms with E-state index >= 15 is 0 Å². The van der Waals surface area contributed by atoms with Gasteiger partial charge in [-0.2, -0.15) is 4.90 Å². The van der Waals surface area contributed by atoms with E-state index in [4.69, 9.17) is 11.6 Å². The first-order valence-corrected chi connectivity index (χ1v) is 9.39. The number of rotatable bonds is 2. The Morgan fingerprint density at radius 3 is 2.36 bits per heavy atom. The number of hydrogen-bond donors (Lipinski definition) is 1. The molecule has 2 aromatic carbocycles. The molecule has 0 aliphatic carbocycles. The van der Waals surface area contributed by atoms with E-state index in [1.165, 1.54) is 0 Å². The molecule has 132 valence electrons. The van der Waals surface area contributed by atoms with Crippen LogP contribution in [0.3, 0.4) is 0 Å². The maximum atomic E-state index is 11.7. The lowest BCUT2D eigenvalue weighted by atomic mass is 9.99. The van der Waals surface area contributed by atoms with Crippen LogP contribution in [0.1, 0.15) is 19.4 Å². The number of anilines is 1. The molecule has 6 heteroatoms. The molecule has 0 fully saturated rings. The number of thioether (sulfide) groups is 1. The summed E-state index contributed by atoms with van der Waals surface area (Å²) in [5.41, 5.74) is 0.766.